The standard InChI is InChI=1S/C8H10N2O4S/c1-15(13,14)5-4-7-2-3-8(6-9-7)10(11)12/h2-3,6H,4-5H2,1H3. The lowest BCUT2D eigenvalue weighted by atomic mass is 10.3. The SMILES string of the molecule is CS(=O)(=O)CCc1ccc([N+](=O)[O-])cn1. The van der Waals surface area contributed by atoms with Gasteiger partial charge < -0.3 is 0 Å². The van der Waals surface area contributed by atoms with E-state index in [1.807, 2.05) is 0 Å². The predicted molar refractivity (Wildman–Crippen MR) is 54.3 cm³/mol. The van der Waals surface area contributed by atoms with Crippen molar-refractivity contribution in [1.29, 1.82) is 0 Å². The van der Waals surface area contributed by atoms with Crippen molar-refractivity contribution < 1.29 is 13.3 Å². The summed E-state index contributed by atoms with van der Waals surface area (Å²) in [6.07, 6.45) is 2.53. The summed E-state index contributed by atoms with van der Waals surface area (Å²) in [4.78, 5) is 13.5. The van der Waals surface area contributed by atoms with E-state index >= 15 is 0 Å². The molecule has 0 fully saturated rings. The number of hydrogen-bond donors (Lipinski definition) is 0. The van der Waals surface area contributed by atoms with Gasteiger partial charge in [0.15, 0.2) is 0 Å². The Morgan fingerprint density at radius 2 is 2.13 bits per heavy atom. The molecule has 0 atom stereocenters. The minimum absolute atomic E-state index is 0.00217. The predicted octanol–water partition coefficient (Wildman–Crippen LogP) is 0.577. The first-order valence-electron chi connectivity index (χ1n) is 4.15. The Balaban J connectivity index is 2.69. The Labute approximate surface area is 87.0 Å². The Morgan fingerprint density at radius 1 is 1.47 bits per heavy atom. The Morgan fingerprint density at radius 3 is 2.53 bits per heavy atom. The van der Waals surface area contributed by atoms with Crippen LogP contribution in [0.3, 0.4) is 0 Å². The van der Waals surface area contributed by atoms with Gasteiger partial charge in [-0.25, -0.2) is 8.42 Å². The van der Waals surface area contributed by atoms with Gasteiger partial charge in [0, 0.05) is 24.4 Å². The van der Waals surface area contributed by atoms with Gasteiger partial charge in [-0.3, -0.25) is 15.1 Å². The van der Waals surface area contributed by atoms with E-state index < -0.39 is 14.8 Å². The maximum Gasteiger partial charge on any atom is 0.287 e. The van der Waals surface area contributed by atoms with Crippen molar-refractivity contribution in [2.45, 2.75) is 6.42 Å². The molecule has 0 radical (unpaired) electrons. The molecule has 0 amide bonds. The van der Waals surface area contributed by atoms with E-state index in [1.165, 1.54) is 12.1 Å². The number of hydrogen-bond acceptors (Lipinski definition) is 5. The van der Waals surface area contributed by atoms with Gasteiger partial charge in [-0.05, 0) is 6.07 Å². The summed E-state index contributed by atoms with van der Waals surface area (Å²) in [5.74, 6) is -0.00217. The van der Waals surface area contributed by atoms with Crippen molar-refractivity contribution in [3.05, 3.63) is 34.1 Å². The fourth-order valence-electron chi connectivity index (χ4n) is 0.963. The highest BCUT2D eigenvalue weighted by Gasteiger charge is 2.07. The van der Waals surface area contributed by atoms with Crippen LogP contribution in [0.25, 0.3) is 0 Å². The molecule has 1 aromatic heterocycles. The number of aryl methyl sites for hydroxylation is 1. The smallest absolute Gasteiger partial charge is 0.258 e. The summed E-state index contributed by atoms with van der Waals surface area (Å²) in [5.41, 5.74) is 0.434. The van der Waals surface area contributed by atoms with Crippen LogP contribution in [-0.4, -0.2) is 30.3 Å². The summed E-state index contributed by atoms with van der Waals surface area (Å²) >= 11 is 0. The first-order chi connectivity index (χ1) is 6.88. The molecule has 0 spiro atoms. The Bertz CT molecular complexity index is 452. The van der Waals surface area contributed by atoms with Crippen LogP contribution in [-0.2, 0) is 16.3 Å². The van der Waals surface area contributed by atoms with Gasteiger partial charge in [-0.15, -0.1) is 0 Å². The largest absolute Gasteiger partial charge is 0.287 e. The van der Waals surface area contributed by atoms with E-state index in [-0.39, 0.29) is 17.9 Å². The number of aromatic nitrogens is 1. The molecule has 0 saturated carbocycles. The summed E-state index contributed by atoms with van der Waals surface area (Å²) in [6, 6.07) is 2.77. The molecule has 7 heteroatoms. The molecule has 0 unspecified atom stereocenters. The van der Waals surface area contributed by atoms with Crippen molar-refractivity contribution in [3.8, 4) is 0 Å². The number of pyridine rings is 1. The Kier molecular flexibility index (Phi) is 3.35. The molecule has 82 valence electrons. The third kappa shape index (κ3) is 4.03. The second-order valence-corrected chi connectivity index (χ2v) is 5.40. The molecular weight excluding hydrogens is 220 g/mol. The number of nitro groups is 1. The number of sulfone groups is 1. The highest BCUT2D eigenvalue weighted by molar-refractivity contribution is 7.90. The molecule has 1 heterocycles. The second-order valence-electron chi connectivity index (χ2n) is 3.14. The molecule has 0 aliphatic carbocycles. The summed E-state index contributed by atoms with van der Waals surface area (Å²) in [7, 11) is -3.02. The van der Waals surface area contributed by atoms with Crippen molar-refractivity contribution in [2.24, 2.45) is 0 Å². The van der Waals surface area contributed by atoms with Crippen molar-refractivity contribution >= 4 is 15.5 Å². The van der Waals surface area contributed by atoms with Crippen LogP contribution in [0.2, 0.25) is 0 Å². The van der Waals surface area contributed by atoms with Crippen LogP contribution in [0.5, 0.6) is 0 Å². The van der Waals surface area contributed by atoms with Crippen molar-refractivity contribution in [1.82, 2.24) is 4.98 Å². The number of nitrogens with zero attached hydrogens (tertiary/aromatic N) is 2. The molecule has 0 aromatic carbocycles. The molecule has 0 aliphatic heterocycles. The van der Waals surface area contributed by atoms with E-state index in [0.29, 0.717) is 5.69 Å². The van der Waals surface area contributed by atoms with Crippen LogP contribution in [0, 0.1) is 10.1 Å². The van der Waals surface area contributed by atoms with Crippen LogP contribution in [0.15, 0.2) is 18.3 Å². The van der Waals surface area contributed by atoms with Crippen LogP contribution >= 0.6 is 0 Å². The van der Waals surface area contributed by atoms with Gasteiger partial charge >= 0.3 is 0 Å². The van der Waals surface area contributed by atoms with Gasteiger partial charge in [-0.2, -0.15) is 0 Å². The minimum Gasteiger partial charge on any atom is -0.258 e. The lowest BCUT2D eigenvalue weighted by Gasteiger charge is -1.98. The van der Waals surface area contributed by atoms with Crippen LogP contribution < -0.4 is 0 Å². The maximum atomic E-state index is 10.8. The zero-order chi connectivity index (χ0) is 11.5. The first-order valence-corrected chi connectivity index (χ1v) is 6.21. The maximum absolute atomic E-state index is 10.8. The molecule has 1 rings (SSSR count). The molecular formula is C8H10N2O4S. The molecule has 6 nitrogen and oxygen atoms in total. The first kappa shape index (κ1) is 11.6. The molecule has 15 heavy (non-hydrogen) atoms. The molecule has 0 N–H and O–H groups in total. The van der Waals surface area contributed by atoms with E-state index in [4.69, 9.17) is 0 Å². The third-order valence-corrected chi connectivity index (χ3v) is 2.69. The molecule has 0 saturated heterocycles. The van der Waals surface area contributed by atoms with Crippen LogP contribution in [0.1, 0.15) is 5.69 Å². The highest BCUT2D eigenvalue weighted by atomic mass is 32.2. The normalized spacial score (nSPS) is 11.3. The zero-order valence-electron chi connectivity index (χ0n) is 8.08. The lowest BCUT2D eigenvalue weighted by molar-refractivity contribution is -0.385. The van der Waals surface area contributed by atoms with Crippen molar-refractivity contribution in [2.75, 3.05) is 12.0 Å². The van der Waals surface area contributed by atoms with E-state index in [0.717, 1.165) is 12.5 Å². The molecule has 0 bridgehead atoms. The van der Waals surface area contributed by atoms with E-state index in [2.05, 4.69) is 4.98 Å². The van der Waals surface area contributed by atoms with Gasteiger partial charge in [0.2, 0.25) is 0 Å². The summed E-state index contributed by atoms with van der Waals surface area (Å²) in [6.45, 7) is 0. The average Bonchev–Trinajstić information content (AvgIpc) is 2.14. The fraction of sp³-hybridized carbons (Fsp3) is 0.375. The van der Waals surface area contributed by atoms with E-state index in [9.17, 15) is 18.5 Å². The van der Waals surface area contributed by atoms with Gasteiger partial charge in [0.25, 0.3) is 5.69 Å². The van der Waals surface area contributed by atoms with Gasteiger partial charge in [0.05, 0.1) is 10.7 Å². The topological polar surface area (TPSA) is 90.2 Å². The van der Waals surface area contributed by atoms with E-state index in [1.54, 1.807) is 0 Å². The zero-order valence-corrected chi connectivity index (χ0v) is 8.90. The average molecular weight is 230 g/mol. The monoisotopic (exact) mass is 230 g/mol. The number of rotatable bonds is 4. The third-order valence-electron chi connectivity index (χ3n) is 1.75. The highest BCUT2D eigenvalue weighted by Crippen LogP contribution is 2.09. The minimum atomic E-state index is -3.02. The van der Waals surface area contributed by atoms with Crippen molar-refractivity contribution in [3.63, 3.8) is 0 Å². The summed E-state index contributed by atoms with van der Waals surface area (Å²) < 4.78 is 21.7. The van der Waals surface area contributed by atoms with Gasteiger partial charge in [0.1, 0.15) is 16.0 Å². The second kappa shape index (κ2) is 4.35. The summed E-state index contributed by atoms with van der Waals surface area (Å²) in [5, 5.41) is 10.3. The Hall–Kier alpha value is -1.50. The van der Waals surface area contributed by atoms with Gasteiger partial charge in [-0.1, -0.05) is 0 Å². The van der Waals surface area contributed by atoms with Crippen LogP contribution in [0.4, 0.5) is 5.69 Å². The lowest BCUT2D eigenvalue weighted by Crippen LogP contribution is -2.06. The fourth-order valence-corrected chi connectivity index (χ4v) is 1.54. The molecule has 0 aliphatic rings. The molecule has 1 aromatic rings. The quantitative estimate of drug-likeness (QED) is 0.557.